The fourth-order valence-corrected chi connectivity index (χ4v) is 0.963. The molecule has 0 spiro atoms. The Morgan fingerprint density at radius 2 is 2.27 bits per heavy atom. The molecule has 1 aromatic rings. The van der Waals surface area contributed by atoms with Crippen LogP contribution < -0.4 is 5.32 Å². The molecular weight excluding hydrogens is 220 g/mol. The summed E-state index contributed by atoms with van der Waals surface area (Å²) in [5, 5.41) is 10.4. The van der Waals surface area contributed by atoms with Crippen LogP contribution in [0, 0.1) is 0 Å². The third-order valence-corrected chi connectivity index (χ3v) is 1.83. The van der Waals surface area contributed by atoms with E-state index in [1.54, 1.807) is 0 Å². The topological polar surface area (TPSA) is 79.3 Å². The molecule has 0 fully saturated rings. The van der Waals surface area contributed by atoms with E-state index in [0.717, 1.165) is 0 Å². The first-order chi connectivity index (χ1) is 7.02. The van der Waals surface area contributed by atoms with E-state index < -0.39 is 17.3 Å². The van der Waals surface area contributed by atoms with Gasteiger partial charge in [-0.3, -0.25) is 4.79 Å². The quantitative estimate of drug-likeness (QED) is 0.766. The Balaban J connectivity index is 2.94. The lowest BCUT2D eigenvalue weighted by Crippen LogP contribution is -2.22. The van der Waals surface area contributed by atoms with Gasteiger partial charge < -0.3 is 10.4 Å². The van der Waals surface area contributed by atoms with Crippen LogP contribution in [0.4, 0.5) is 5.69 Å². The highest BCUT2D eigenvalue weighted by atomic mass is 35.5. The van der Waals surface area contributed by atoms with Gasteiger partial charge in [-0.2, -0.15) is 0 Å². The predicted octanol–water partition coefficient (Wildman–Crippen LogP) is 1.35. The summed E-state index contributed by atoms with van der Waals surface area (Å²) < 4.78 is 0. The van der Waals surface area contributed by atoms with E-state index in [1.807, 2.05) is 0 Å². The van der Waals surface area contributed by atoms with Gasteiger partial charge in [0.1, 0.15) is 5.38 Å². The standard InChI is InChI=1S/C9H9ClN2O3/c1-5(10)8(13)12-6-3-2-4-11-7(6)9(14)15/h2-5H,1H3,(H,12,13)(H,14,15). The van der Waals surface area contributed by atoms with E-state index in [4.69, 9.17) is 16.7 Å². The van der Waals surface area contributed by atoms with Crippen molar-refractivity contribution in [3.8, 4) is 0 Å². The van der Waals surface area contributed by atoms with Crippen molar-refractivity contribution < 1.29 is 14.7 Å². The summed E-state index contributed by atoms with van der Waals surface area (Å²) in [7, 11) is 0. The van der Waals surface area contributed by atoms with E-state index >= 15 is 0 Å². The van der Waals surface area contributed by atoms with Gasteiger partial charge in [0.2, 0.25) is 5.91 Å². The van der Waals surface area contributed by atoms with Crippen LogP contribution in [0.15, 0.2) is 18.3 Å². The van der Waals surface area contributed by atoms with Crippen LogP contribution >= 0.6 is 11.6 Å². The Morgan fingerprint density at radius 1 is 1.60 bits per heavy atom. The number of carbonyl (C=O) groups excluding carboxylic acids is 1. The number of hydrogen-bond donors (Lipinski definition) is 2. The monoisotopic (exact) mass is 228 g/mol. The zero-order valence-electron chi connectivity index (χ0n) is 7.90. The largest absolute Gasteiger partial charge is 0.476 e. The van der Waals surface area contributed by atoms with E-state index in [2.05, 4.69) is 10.3 Å². The molecule has 1 heterocycles. The van der Waals surface area contributed by atoms with E-state index in [0.29, 0.717) is 0 Å². The van der Waals surface area contributed by atoms with Gasteiger partial charge in [-0.05, 0) is 19.1 Å². The molecule has 0 saturated heterocycles. The molecular formula is C9H9ClN2O3. The number of hydrogen-bond acceptors (Lipinski definition) is 3. The number of anilines is 1. The number of alkyl halides is 1. The highest BCUT2D eigenvalue weighted by Gasteiger charge is 2.15. The smallest absolute Gasteiger partial charge is 0.356 e. The number of rotatable bonds is 3. The predicted molar refractivity (Wildman–Crippen MR) is 55.1 cm³/mol. The number of pyridine rings is 1. The number of nitrogens with zero attached hydrogens (tertiary/aromatic N) is 1. The molecule has 6 heteroatoms. The molecule has 1 rings (SSSR count). The van der Waals surface area contributed by atoms with Crippen LogP contribution in [0.2, 0.25) is 0 Å². The Bertz CT molecular complexity index is 393. The molecule has 5 nitrogen and oxygen atoms in total. The second kappa shape index (κ2) is 4.75. The fraction of sp³-hybridized carbons (Fsp3) is 0.222. The van der Waals surface area contributed by atoms with E-state index in [9.17, 15) is 9.59 Å². The number of aromatic nitrogens is 1. The number of halogens is 1. The molecule has 0 aliphatic heterocycles. The van der Waals surface area contributed by atoms with Crippen LogP contribution in [0.3, 0.4) is 0 Å². The van der Waals surface area contributed by atoms with Crippen molar-refractivity contribution in [1.29, 1.82) is 0 Å². The minimum Gasteiger partial charge on any atom is -0.476 e. The zero-order valence-corrected chi connectivity index (χ0v) is 8.65. The lowest BCUT2D eigenvalue weighted by Gasteiger charge is -2.07. The third kappa shape index (κ3) is 2.92. The van der Waals surface area contributed by atoms with Crippen LogP contribution in [-0.2, 0) is 4.79 Å². The van der Waals surface area contributed by atoms with Gasteiger partial charge in [-0.15, -0.1) is 11.6 Å². The van der Waals surface area contributed by atoms with Gasteiger partial charge in [-0.1, -0.05) is 0 Å². The number of carboxylic acid groups (broad SMARTS) is 1. The molecule has 1 aromatic heterocycles. The highest BCUT2D eigenvalue weighted by molar-refractivity contribution is 6.32. The molecule has 0 radical (unpaired) electrons. The molecule has 0 bridgehead atoms. The molecule has 1 atom stereocenters. The fourth-order valence-electron chi connectivity index (χ4n) is 0.909. The Hall–Kier alpha value is -1.62. The first kappa shape index (κ1) is 11.5. The molecule has 15 heavy (non-hydrogen) atoms. The summed E-state index contributed by atoms with van der Waals surface area (Å²) in [6.45, 7) is 1.49. The van der Waals surface area contributed by atoms with Gasteiger partial charge in [0.25, 0.3) is 0 Å². The molecule has 1 amide bonds. The molecule has 80 valence electrons. The molecule has 0 aliphatic rings. The summed E-state index contributed by atoms with van der Waals surface area (Å²) in [4.78, 5) is 25.6. The molecule has 1 unspecified atom stereocenters. The summed E-state index contributed by atoms with van der Waals surface area (Å²) in [5.74, 6) is -1.67. The van der Waals surface area contributed by atoms with Crippen molar-refractivity contribution in [2.75, 3.05) is 5.32 Å². The first-order valence-corrected chi connectivity index (χ1v) is 4.59. The van der Waals surface area contributed by atoms with Crippen molar-refractivity contribution in [3.63, 3.8) is 0 Å². The number of aromatic carboxylic acids is 1. The highest BCUT2D eigenvalue weighted by Crippen LogP contribution is 2.12. The van der Waals surface area contributed by atoms with Gasteiger partial charge in [-0.25, -0.2) is 9.78 Å². The van der Waals surface area contributed by atoms with E-state index in [-0.39, 0.29) is 11.4 Å². The SMILES string of the molecule is CC(Cl)C(=O)Nc1cccnc1C(=O)O. The van der Waals surface area contributed by atoms with Crippen LogP contribution in [0.1, 0.15) is 17.4 Å². The normalized spacial score (nSPS) is 11.9. The second-order valence-corrected chi connectivity index (χ2v) is 3.46. The van der Waals surface area contributed by atoms with Crippen LogP contribution in [-0.4, -0.2) is 27.3 Å². The first-order valence-electron chi connectivity index (χ1n) is 4.15. The minimum atomic E-state index is -1.20. The van der Waals surface area contributed by atoms with Crippen molar-refractivity contribution in [1.82, 2.24) is 4.98 Å². The van der Waals surface area contributed by atoms with Gasteiger partial charge >= 0.3 is 5.97 Å². The average Bonchev–Trinajstić information content (AvgIpc) is 2.18. The van der Waals surface area contributed by atoms with Crippen molar-refractivity contribution in [3.05, 3.63) is 24.0 Å². The van der Waals surface area contributed by atoms with Gasteiger partial charge in [0.05, 0.1) is 5.69 Å². The van der Waals surface area contributed by atoms with Crippen molar-refractivity contribution in [2.45, 2.75) is 12.3 Å². The summed E-state index contributed by atoms with van der Waals surface area (Å²) in [6, 6.07) is 2.98. The van der Waals surface area contributed by atoms with Crippen molar-refractivity contribution in [2.24, 2.45) is 0 Å². The summed E-state index contributed by atoms with van der Waals surface area (Å²) in [5.41, 5.74) is -0.0642. The number of carboxylic acids is 1. The third-order valence-electron chi connectivity index (χ3n) is 1.63. The number of amides is 1. The van der Waals surface area contributed by atoms with Crippen LogP contribution in [0.25, 0.3) is 0 Å². The van der Waals surface area contributed by atoms with Gasteiger partial charge in [0.15, 0.2) is 5.69 Å². The van der Waals surface area contributed by atoms with Crippen LogP contribution in [0.5, 0.6) is 0 Å². The van der Waals surface area contributed by atoms with Gasteiger partial charge in [0, 0.05) is 6.20 Å². The average molecular weight is 229 g/mol. The molecule has 0 aliphatic carbocycles. The Labute approximate surface area is 91.1 Å². The lowest BCUT2D eigenvalue weighted by atomic mass is 10.3. The molecule has 0 saturated carbocycles. The molecule has 0 aromatic carbocycles. The zero-order chi connectivity index (χ0) is 11.4. The van der Waals surface area contributed by atoms with E-state index in [1.165, 1.54) is 25.3 Å². The maximum absolute atomic E-state index is 11.2. The summed E-state index contributed by atoms with van der Waals surface area (Å²) in [6.07, 6.45) is 1.34. The number of carbonyl (C=O) groups is 2. The minimum absolute atomic E-state index is 0.141. The summed E-state index contributed by atoms with van der Waals surface area (Å²) >= 11 is 5.53. The second-order valence-electron chi connectivity index (χ2n) is 2.81. The number of nitrogens with one attached hydrogen (secondary N) is 1. The maximum Gasteiger partial charge on any atom is 0.356 e. The van der Waals surface area contributed by atoms with Crippen molar-refractivity contribution >= 4 is 29.2 Å². The Morgan fingerprint density at radius 3 is 2.80 bits per heavy atom. The Kier molecular flexibility index (Phi) is 3.62. The molecule has 2 N–H and O–H groups in total. The maximum atomic E-state index is 11.2. The lowest BCUT2D eigenvalue weighted by molar-refractivity contribution is -0.115.